The van der Waals surface area contributed by atoms with Crippen molar-refractivity contribution in [3.8, 4) is 5.75 Å². The third kappa shape index (κ3) is 4.71. The number of rotatable bonds is 7. The van der Waals surface area contributed by atoms with Crippen molar-refractivity contribution in [2.45, 2.75) is 19.3 Å². The van der Waals surface area contributed by atoms with Gasteiger partial charge in [-0.15, -0.1) is 0 Å². The lowest BCUT2D eigenvalue weighted by Crippen LogP contribution is -2.12. The maximum atomic E-state index is 11.9. The molecule has 0 atom stereocenters. The average molecular weight is 324 g/mol. The van der Waals surface area contributed by atoms with Gasteiger partial charge in [0.1, 0.15) is 24.4 Å². The van der Waals surface area contributed by atoms with Crippen LogP contribution in [-0.4, -0.2) is 15.0 Å². The molecule has 1 aromatic carbocycles. The predicted molar refractivity (Wildman–Crippen MR) is 80.0 cm³/mol. The van der Waals surface area contributed by atoms with Gasteiger partial charge < -0.3 is 9.15 Å². The van der Waals surface area contributed by atoms with E-state index in [2.05, 4.69) is 4.18 Å². The van der Waals surface area contributed by atoms with Crippen molar-refractivity contribution in [1.82, 2.24) is 0 Å². The number of ether oxygens (including phenoxy) is 1. The Balaban J connectivity index is 2.05. The van der Waals surface area contributed by atoms with Crippen LogP contribution in [0.15, 0.2) is 51.9 Å². The Morgan fingerprint density at radius 2 is 1.91 bits per heavy atom. The van der Waals surface area contributed by atoms with Crippen molar-refractivity contribution in [2.24, 2.45) is 0 Å². The molecule has 1 aromatic heterocycles. The normalized spacial score (nSPS) is 11.3. The van der Waals surface area contributed by atoms with Crippen molar-refractivity contribution >= 4 is 10.1 Å². The highest BCUT2D eigenvalue weighted by Crippen LogP contribution is 2.12. The van der Waals surface area contributed by atoms with Crippen LogP contribution in [0.4, 0.5) is 0 Å². The van der Waals surface area contributed by atoms with E-state index >= 15 is 0 Å². The summed E-state index contributed by atoms with van der Waals surface area (Å²) >= 11 is 0. The fourth-order valence-corrected chi connectivity index (χ4v) is 2.69. The van der Waals surface area contributed by atoms with E-state index in [4.69, 9.17) is 9.15 Å². The molecule has 1 heterocycles. The van der Waals surface area contributed by atoms with Crippen LogP contribution in [0.3, 0.4) is 0 Å². The van der Waals surface area contributed by atoms with Crippen LogP contribution in [0.25, 0.3) is 0 Å². The summed E-state index contributed by atoms with van der Waals surface area (Å²) in [4.78, 5) is 11.9. The largest absolute Gasteiger partial charge is 0.482 e. The van der Waals surface area contributed by atoms with E-state index in [-0.39, 0.29) is 24.7 Å². The Hall–Kier alpha value is -2.12. The molecule has 0 N–H and O–H groups in total. The van der Waals surface area contributed by atoms with Crippen molar-refractivity contribution in [3.05, 3.63) is 64.2 Å². The molecular weight excluding hydrogens is 308 g/mol. The van der Waals surface area contributed by atoms with Gasteiger partial charge in [-0.05, 0) is 12.5 Å². The van der Waals surface area contributed by atoms with E-state index in [1.54, 1.807) is 6.92 Å². The van der Waals surface area contributed by atoms with Gasteiger partial charge in [-0.3, -0.25) is 8.98 Å². The van der Waals surface area contributed by atoms with Gasteiger partial charge >= 0.3 is 0 Å². The van der Waals surface area contributed by atoms with E-state index in [0.29, 0.717) is 0 Å². The molecule has 2 aromatic rings. The lowest BCUT2D eigenvalue weighted by atomic mass is 10.2. The second-order valence-corrected chi connectivity index (χ2v) is 6.10. The minimum atomic E-state index is -3.74. The highest BCUT2D eigenvalue weighted by atomic mass is 32.2. The molecule has 7 heteroatoms. The summed E-state index contributed by atoms with van der Waals surface area (Å²) in [5.74, 6) is -0.457. The van der Waals surface area contributed by atoms with Gasteiger partial charge in [-0.2, -0.15) is 8.42 Å². The second kappa shape index (κ2) is 7.24. The number of hydrogen-bond acceptors (Lipinski definition) is 6. The van der Waals surface area contributed by atoms with Crippen LogP contribution >= 0.6 is 0 Å². The topological polar surface area (TPSA) is 82.8 Å². The smallest absolute Gasteiger partial charge is 0.274 e. The first kappa shape index (κ1) is 16.3. The van der Waals surface area contributed by atoms with Crippen LogP contribution in [0.5, 0.6) is 5.75 Å². The molecule has 118 valence electrons. The van der Waals surface area contributed by atoms with Crippen LogP contribution in [0, 0.1) is 0 Å². The minimum absolute atomic E-state index is 0.00510. The molecule has 0 spiro atoms. The molecule has 0 saturated carbocycles. The van der Waals surface area contributed by atoms with Crippen molar-refractivity contribution in [3.63, 3.8) is 0 Å². The Labute approximate surface area is 128 Å². The monoisotopic (exact) mass is 324 g/mol. The lowest BCUT2D eigenvalue weighted by molar-refractivity contribution is 0.289. The molecule has 0 bridgehead atoms. The van der Waals surface area contributed by atoms with E-state index in [1.165, 1.54) is 0 Å². The molecule has 0 fully saturated rings. The van der Waals surface area contributed by atoms with Gasteiger partial charge in [0.2, 0.25) is 11.2 Å². The van der Waals surface area contributed by atoms with Crippen LogP contribution < -0.4 is 10.2 Å². The lowest BCUT2D eigenvalue weighted by Gasteiger charge is -2.06. The quantitative estimate of drug-likeness (QED) is 0.725. The number of hydrogen-bond donors (Lipinski definition) is 0. The summed E-state index contributed by atoms with van der Waals surface area (Å²) < 4.78 is 38.1. The molecule has 0 aliphatic heterocycles. The molecule has 0 amide bonds. The molecular formula is C15H16O6S. The third-order valence-corrected chi connectivity index (χ3v) is 3.94. The van der Waals surface area contributed by atoms with E-state index in [9.17, 15) is 13.2 Å². The van der Waals surface area contributed by atoms with Gasteiger partial charge in [-0.25, -0.2) is 0 Å². The summed E-state index contributed by atoms with van der Waals surface area (Å²) in [6, 6.07) is 10.4. The SMILES string of the molecule is CCOS(=O)(=O)Cc1cc(=O)c(OCc2ccccc2)co1. The average Bonchev–Trinajstić information content (AvgIpc) is 2.47. The summed E-state index contributed by atoms with van der Waals surface area (Å²) in [6.07, 6.45) is 1.11. The second-order valence-electron chi connectivity index (χ2n) is 4.46. The van der Waals surface area contributed by atoms with Gasteiger partial charge in [0.15, 0.2) is 0 Å². The Morgan fingerprint density at radius 3 is 2.55 bits per heavy atom. The molecule has 22 heavy (non-hydrogen) atoms. The van der Waals surface area contributed by atoms with Crippen molar-refractivity contribution < 1.29 is 21.8 Å². The zero-order valence-corrected chi connectivity index (χ0v) is 12.8. The fraction of sp³-hybridized carbons (Fsp3) is 0.267. The fourth-order valence-electron chi connectivity index (χ4n) is 1.75. The van der Waals surface area contributed by atoms with E-state index in [1.807, 2.05) is 30.3 Å². The molecule has 0 saturated heterocycles. The summed E-state index contributed by atoms with van der Waals surface area (Å²) in [5, 5.41) is 0. The van der Waals surface area contributed by atoms with Gasteiger partial charge in [0.25, 0.3) is 10.1 Å². The van der Waals surface area contributed by atoms with Crippen molar-refractivity contribution in [1.29, 1.82) is 0 Å². The van der Waals surface area contributed by atoms with E-state index < -0.39 is 21.3 Å². The Kier molecular flexibility index (Phi) is 5.35. The third-order valence-electron chi connectivity index (χ3n) is 2.71. The first-order valence-electron chi connectivity index (χ1n) is 6.66. The number of benzene rings is 1. The van der Waals surface area contributed by atoms with E-state index in [0.717, 1.165) is 17.9 Å². The predicted octanol–water partition coefficient (Wildman–Crippen LogP) is 2.09. The summed E-state index contributed by atoms with van der Waals surface area (Å²) in [7, 11) is -3.74. The molecule has 2 rings (SSSR count). The highest BCUT2D eigenvalue weighted by Gasteiger charge is 2.15. The molecule has 0 radical (unpaired) electrons. The molecule has 0 aliphatic rings. The van der Waals surface area contributed by atoms with Crippen molar-refractivity contribution in [2.75, 3.05) is 6.61 Å². The van der Waals surface area contributed by atoms with Gasteiger partial charge in [0.05, 0.1) is 6.61 Å². The molecule has 0 unspecified atom stereocenters. The van der Waals surface area contributed by atoms with Crippen LogP contribution in [0.1, 0.15) is 18.2 Å². The molecule has 0 aliphatic carbocycles. The first-order chi connectivity index (χ1) is 10.5. The zero-order valence-electron chi connectivity index (χ0n) is 12.0. The standard InChI is InChI=1S/C15H16O6S/c1-2-21-22(17,18)11-13-8-14(16)15(10-19-13)20-9-12-6-4-3-5-7-12/h3-8,10H,2,9,11H2,1H3. The maximum absolute atomic E-state index is 11.9. The summed E-state index contributed by atoms with van der Waals surface area (Å²) in [6.45, 7) is 1.82. The van der Waals surface area contributed by atoms with Gasteiger partial charge in [0, 0.05) is 6.07 Å². The van der Waals surface area contributed by atoms with Gasteiger partial charge in [-0.1, -0.05) is 30.3 Å². The highest BCUT2D eigenvalue weighted by molar-refractivity contribution is 7.85. The first-order valence-corrected chi connectivity index (χ1v) is 8.23. The zero-order chi connectivity index (χ0) is 16.0. The Morgan fingerprint density at radius 1 is 1.18 bits per heavy atom. The summed E-state index contributed by atoms with van der Waals surface area (Å²) in [5.41, 5.74) is 0.466. The van der Waals surface area contributed by atoms with Crippen LogP contribution in [0.2, 0.25) is 0 Å². The Bertz CT molecular complexity index is 764. The molecule has 6 nitrogen and oxygen atoms in total. The minimum Gasteiger partial charge on any atom is -0.482 e. The maximum Gasteiger partial charge on any atom is 0.274 e. The van der Waals surface area contributed by atoms with Crippen LogP contribution in [-0.2, 0) is 26.7 Å².